The number of nitrogen functional groups attached to an aromatic ring is 1. The highest BCUT2D eigenvalue weighted by molar-refractivity contribution is 5.97. The predicted molar refractivity (Wildman–Crippen MR) is 55.4 cm³/mol. The van der Waals surface area contributed by atoms with Gasteiger partial charge in [0.2, 0.25) is 5.88 Å². The van der Waals surface area contributed by atoms with Crippen molar-refractivity contribution in [3.63, 3.8) is 0 Å². The van der Waals surface area contributed by atoms with Gasteiger partial charge in [-0.3, -0.25) is 4.79 Å². The molecule has 0 unspecified atom stereocenters. The summed E-state index contributed by atoms with van der Waals surface area (Å²) in [5, 5.41) is 0. The summed E-state index contributed by atoms with van der Waals surface area (Å²) in [6.45, 7) is 0. The number of carbonyl (C=O) groups is 1. The van der Waals surface area contributed by atoms with Crippen LogP contribution in [0, 0.1) is 0 Å². The summed E-state index contributed by atoms with van der Waals surface area (Å²) in [4.78, 5) is 15.0. The van der Waals surface area contributed by atoms with E-state index in [2.05, 4.69) is 4.98 Å². The lowest BCUT2D eigenvalue weighted by Crippen LogP contribution is -2.25. The van der Waals surface area contributed by atoms with E-state index in [0.29, 0.717) is 5.88 Å². The summed E-state index contributed by atoms with van der Waals surface area (Å²) >= 11 is 0. The van der Waals surface area contributed by atoms with E-state index in [9.17, 15) is 4.79 Å². The van der Waals surface area contributed by atoms with E-state index in [1.807, 2.05) is 0 Å². The number of hydrogen-bond acceptors (Lipinski definition) is 4. The van der Waals surface area contributed by atoms with Gasteiger partial charge in [-0.25, -0.2) is 4.98 Å². The first-order valence-corrected chi connectivity index (χ1v) is 4.89. The molecule has 0 aliphatic heterocycles. The second kappa shape index (κ2) is 3.76. The minimum atomic E-state index is -0.562. The van der Waals surface area contributed by atoms with E-state index in [0.717, 1.165) is 12.8 Å². The number of amides is 1. The number of pyridine rings is 1. The first kappa shape index (κ1) is 9.76. The molecule has 0 radical (unpaired) electrons. The molecule has 15 heavy (non-hydrogen) atoms. The number of hydrogen-bond donors (Lipinski definition) is 2. The molecule has 5 heteroatoms. The zero-order valence-corrected chi connectivity index (χ0v) is 8.27. The highest BCUT2D eigenvalue weighted by Crippen LogP contribution is 2.25. The van der Waals surface area contributed by atoms with Crippen LogP contribution in [0.5, 0.6) is 5.88 Å². The fourth-order valence-corrected chi connectivity index (χ4v) is 1.38. The van der Waals surface area contributed by atoms with Gasteiger partial charge in [-0.05, 0) is 19.3 Å². The fraction of sp³-hybridized carbons (Fsp3) is 0.400. The average Bonchev–Trinajstić information content (AvgIpc) is 2.13. The van der Waals surface area contributed by atoms with Gasteiger partial charge in [-0.1, -0.05) is 0 Å². The molecule has 1 fully saturated rings. The summed E-state index contributed by atoms with van der Waals surface area (Å²) < 4.78 is 5.52. The Morgan fingerprint density at radius 3 is 2.80 bits per heavy atom. The zero-order chi connectivity index (χ0) is 10.8. The van der Waals surface area contributed by atoms with Gasteiger partial charge in [0.15, 0.2) is 0 Å². The van der Waals surface area contributed by atoms with Crippen LogP contribution in [0.4, 0.5) is 5.69 Å². The second-order valence-corrected chi connectivity index (χ2v) is 3.64. The SMILES string of the molecule is NC(=O)c1cc(OC2CCC2)ncc1N. The number of nitrogens with two attached hydrogens (primary N) is 2. The topological polar surface area (TPSA) is 91.2 Å². The van der Waals surface area contributed by atoms with Crippen LogP contribution in [-0.4, -0.2) is 17.0 Å². The maximum Gasteiger partial charge on any atom is 0.251 e. The zero-order valence-electron chi connectivity index (χ0n) is 8.27. The molecule has 1 aliphatic rings. The van der Waals surface area contributed by atoms with E-state index in [1.54, 1.807) is 0 Å². The summed E-state index contributed by atoms with van der Waals surface area (Å²) in [5.74, 6) is -0.143. The van der Waals surface area contributed by atoms with Crippen molar-refractivity contribution in [2.45, 2.75) is 25.4 Å². The van der Waals surface area contributed by atoms with Crippen LogP contribution in [0.3, 0.4) is 0 Å². The van der Waals surface area contributed by atoms with Crippen LogP contribution >= 0.6 is 0 Å². The molecule has 4 N–H and O–H groups in total. The first-order chi connectivity index (χ1) is 7.16. The minimum absolute atomic E-state index is 0.224. The van der Waals surface area contributed by atoms with E-state index in [-0.39, 0.29) is 17.4 Å². The maximum atomic E-state index is 11.0. The third-order valence-corrected chi connectivity index (χ3v) is 2.51. The third kappa shape index (κ3) is 2.01. The van der Waals surface area contributed by atoms with Gasteiger partial charge in [0.1, 0.15) is 6.10 Å². The van der Waals surface area contributed by atoms with E-state index in [4.69, 9.17) is 16.2 Å². The molecule has 0 saturated heterocycles. The van der Waals surface area contributed by atoms with Crippen molar-refractivity contribution >= 4 is 11.6 Å². The summed E-state index contributed by atoms with van der Waals surface area (Å²) in [5.41, 5.74) is 11.3. The van der Waals surface area contributed by atoms with E-state index in [1.165, 1.54) is 18.7 Å². The number of ether oxygens (including phenoxy) is 1. The third-order valence-electron chi connectivity index (χ3n) is 2.51. The Kier molecular flexibility index (Phi) is 2.45. The second-order valence-electron chi connectivity index (χ2n) is 3.64. The Hall–Kier alpha value is -1.78. The maximum absolute atomic E-state index is 11.0. The molecule has 80 valence electrons. The molecular weight excluding hydrogens is 194 g/mol. The Bertz CT molecular complexity index is 388. The van der Waals surface area contributed by atoms with Gasteiger partial charge in [0.25, 0.3) is 5.91 Å². The monoisotopic (exact) mass is 207 g/mol. The van der Waals surface area contributed by atoms with Crippen LogP contribution in [-0.2, 0) is 0 Å². The Morgan fingerprint density at radius 2 is 2.27 bits per heavy atom. The Labute approximate surface area is 87.4 Å². The highest BCUT2D eigenvalue weighted by Gasteiger charge is 2.20. The van der Waals surface area contributed by atoms with Gasteiger partial charge < -0.3 is 16.2 Å². The molecule has 1 saturated carbocycles. The molecule has 1 aromatic rings. The molecule has 5 nitrogen and oxygen atoms in total. The number of nitrogens with zero attached hydrogens (tertiary/aromatic N) is 1. The fourth-order valence-electron chi connectivity index (χ4n) is 1.38. The van der Waals surface area contributed by atoms with Crippen molar-refractivity contribution in [1.82, 2.24) is 4.98 Å². The molecule has 1 heterocycles. The number of primary amides is 1. The van der Waals surface area contributed by atoms with Crippen molar-refractivity contribution in [2.75, 3.05) is 5.73 Å². The summed E-state index contributed by atoms with van der Waals surface area (Å²) in [7, 11) is 0. The van der Waals surface area contributed by atoms with Crippen molar-refractivity contribution in [1.29, 1.82) is 0 Å². The van der Waals surface area contributed by atoms with E-state index < -0.39 is 5.91 Å². The molecule has 2 rings (SSSR count). The van der Waals surface area contributed by atoms with Gasteiger partial charge in [0, 0.05) is 6.07 Å². The number of carbonyl (C=O) groups excluding carboxylic acids is 1. The van der Waals surface area contributed by atoms with Gasteiger partial charge >= 0.3 is 0 Å². The largest absolute Gasteiger partial charge is 0.474 e. The van der Waals surface area contributed by atoms with Crippen LogP contribution in [0.25, 0.3) is 0 Å². The predicted octanol–water partition coefficient (Wildman–Crippen LogP) is 0.694. The normalized spacial score (nSPS) is 15.7. The minimum Gasteiger partial charge on any atom is -0.474 e. The van der Waals surface area contributed by atoms with Crippen LogP contribution in [0.2, 0.25) is 0 Å². The quantitative estimate of drug-likeness (QED) is 0.763. The molecule has 0 bridgehead atoms. The number of anilines is 1. The lowest BCUT2D eigenvalue weighted by Gasteiger charge is -2.25. The van der Waals surface area contributed by atoms with Crippen molar-refractivity contribution in [2.24, 2.45) is 5.73 Å². The van der Waals surface area contributed by atoms with Gasteiger partial charge in [-0.15, -0.1) is 0 Å². The molecule has 0 spiro atoms. The first-order valence-electron chi connectivity index (χ1n) is 4.89. The smallest absolute Gasteiger partial charge is 0.251 e. The molecule has 1 aliphatic carbocycles. The van der Waals surface area contributed by atoms with Gasteiger partial charge in [-0.2, -0.15) is 0 Å². The summed E-state index contributed by atoms with van der Waals surface area (Å²) in [6.07, 6.45) is 4.88. The Balaban J connectivity index is 2.17. The van der Waals surface area contributed by atoms with Crippen LogP contribution < -0.4 is 16.2 Å². The molecule has 1 amide bonds. The summed E-state index contributed by atoms with van der Waals surface area (Å²) in [6, 6.07) is 1.50. The van der Waals surface area contributed by atoms with E-state index >= 15 is 0 Å². The number of aromatic nitrogens is 1. The molecule has 0 aromatic carbocycles. The van der Waals surface area contributed by atoms with Crippen LogP contribution in [0.1, 0.15) is 29.6 Å². The van der Waals surface area contributed by atoms with Crippen molar-refractivity contribution in [3.8, 4) is 5.88 Å². The average molecular weight is 207 g/mol. The highest BCUT2D eigenvalue weighted by atomic mass is 16.5. The lowest BCUT2D eigenvalue weighted by molar-refractivity contribution is 0.0995. The standard InChI is InChI=1S/C10H13N3O2/c11-8-5-13-9(4-7(8)10(12)14)15-6-2-1-3-6/h4-6H,1-3,11H2,(H2,12,14). The Morgan fingerprint density at radius 1 is 1.53 bits per heavy atom. The molecular formula is C10H13N3O2. The number of rotatable bonds is 3. The molecule has 0 atom stereocenters. The van der Waals surface area contributed by atoms with Crippen molar-refractivity contribution in [3.05, 3.63) is 17.8 Å². The van der Waals surface area contributed by atoms with Crippen molar-refractivity contribution < 1.29 is 9.53 Å². The van der Waals surface area contributed by atoms with Gasteiger partial charge in [0.05, 0.1) is 17.4 Å². The van der Waals surface area contributed by atoms with Crippen LogP contribution in [0.15, 0.2) is 12.3 Å². The lowest BCUT2D eigenvalue weighted by atomic mass is 9.96. The molecule has 1 aromatic heterocycles.